The number of benzene rings is 2. The van der Waals surface area contributed by atoms with E-state index in [0.29, 0.717) is 33.2 Å². The zero-order valence-corrected chi connectivity index (χ0v) is 24.5. The van der Waals surface area contributed by atoms with Crippen LogP contribution in [0.3, 0.4) is 0 Å². The summed E-state index contributed by atoms with van der Waals surface area (Å²) in [5.74, 6) is -0.972. The first-order chi connectivity index (χ1) is 19.6. The molecular formula is C26H23Cl2F3N6O2S2. The minimum absolute atomic E-state index is 0.0637. The van der Waals surface area contributed by atoms with Gasteiger partial charge in [-0.2, -0.15) is 13.2 Å². The van der Waals surface area contributed by atoms with Gasteiger partial charge in [0.2, 0.25) is 0 Å². The lowest BCUT2D eigenvalue weighted by molar-refractivity contribution is -0.125. The van der Waals surface area contributed by atoms with E-state index >= 15 is 0 Å². The van der Waals surface area contributed by atoms with Gasteiger partial charge in [-0.1, -0.05) is 54.4 Å². The Morgan fingerprint density at radius 2 is 1.27 bits per heavy atom. The average Bonchev–Trinajstić information content (AvgIpc) is 3.60. The molecule has 4 aromatic rings. The number of amides is 2. The zero-order valence-electron chi connectivity index (χ0n) is 21.4. The summed E-state index contributed by atoms with van der Waals surface area (Å²) in [4.78, 5) is 35.2. The molecule has 216 valence electrons. The Labute approximate surface area is 251 Å². The molecule has 2 heterocycles. The summed E-state index contributed by atoms with van der Waals surface area (Å²) in [5, 5.41) is 11.7. The standard InChI is InChI=1S/C26H23Cl2F3N6O2S2/c1-2-32-9-14-11-34-24(40-14)22(38)36-18-7-3-5-16(20(18)27)17-6-4-8-19(21(17)28)37-23(39)25-35-12-15(41-25)10-33-13-26(29,30)31/h3-8,11-12,32-33H,2,9-10,13H2,1H3,(H,36,38)(H,37,39). The first-order valence-electron chi connectivity index (χ1n) is 12.1. The summed E-state index contributed by atoms with van der Waals surface area (Å²) in [5.41, 5.74) is 1.66. The van der Waals surface area contributed by atoms with Gasteiger partial charge in [-0.05, 0) is 18.7 Å². The van der Waals surface area contributed by atoms with E-state index in [9.17, 15) is 22.8 Å². The van der Waals surface area contributed by atoms with Crippen LogP contribution < -0.4 is 21.3 Å². The third kappa shape index (κ3) is 8.24. The van der Waals surface area contributed by atoms with Gasteiger partial charge in [0.25, 0.3) is 11.8 Å². The maximum Gasteiger partial charge on any atom is 0.401 e. The van der Waals surface area contributed by atoms with Gasteiger partial charge in [-0.15, -0.1) is 22.7 Å². The molecule has 15 heteroatoms. The van der Waals surface area contributed by atoms with Gasteiger partial charge in [-0.25, -0.2) is 9.97 Å². The average molecular weight is 644 g/mol. The molecule has 0 spiro atoms. The summed E-state index contributed by atoms with van der Waals surface area (Å²) < 4.78 is 37.1. The van der Waals surface area contributed by atoms with Crippen molar-refractivity contribution in [2.45, 2.75) is 26.2 Å². The lowest BCUT2D eigenvalue weighted by atomic mass is 10.0. The second kappa shape index (κ2) is 13.7. The lowest BCUT2D eigenvalue weighted by Gasteiger charge is -2.14. The third-order valence-corrected chi connectivity index (χ3v) is 8.26. The highest BCUT2D eigenvalue weighted by Crippen LogP contribution is 2.40. The van der Waals surface area contributed by atoms with Crippen LogP contribution in [0.2, 0.25) is 10.0 Å². The molecule has 0 bridgehead atoms. The highest BCUT2D eigenvalue weighted by molar-refractivity contribution is 7.14. The summed E-state index contributed by atoms with van der Waals surface area (Å²) in [6.45, 7) is 2.18. The van der Waals surface area contributed by atoms with Crippen molar-refractivity contribution in [3.63, 3.8) is 0 Å². The molecule has 2 amide bonds. The highest BCUT2D eigenvalue weighted by atomic mass is 35.5. The Morgan fingerprint density at radius 1 is 0.805 bits per heavy atom. The van der Waals surface area contributed by atoms with Crippen LogP contribution in [-0.2, 0) is 13.1 Å². The molecule has 2 aromatic carbocycles. The summed E-state index contributed by atoms with van der Waals surface area (Å²) >= 11 is 15.6. The molecule has 4 rings (SSSR count). The van der Waals surface area contributed by atoms with Crippen LogP contribution in [0.5, 0.6) is 0 Å². The molecular weight excluding hydrogens is 620 g/mol. The van der Waals surface area contributed by atoms with E-state index in [2.05, 4.69) is 31.2 Å². The van der Waals surface area contributed by atoms with E-state index in [1.165, 1.54) is 17.5 Å². The number of nitrogens with one attached hydrogen (secondary N) is 4. The van der Waals surface area contributed by atoms with Gasteiger partial charge in [0.1, 0.15) is 0 Å². The number of carbonyl (C=O) groups excluding carboxylic acids is 2. The smallest absolute Gasteiger partial charge is 0.319 e. The van der Waals surface area contributed by atoms with E-state index in [1.807, 2.05) is 6.92 Å². The summed E-state index contributed by atoms with van der Waals surface area (Å²) in [6, 6.07) is 10.1. The van der Waals surface area contributed by atoms with Gasteiger partial charge in [0.05, 0.1) is 28.0 Å². The van der Waals surface area contributed by atoms with Crippen LogP contribution in [0.25, 0.3) is 11.1 Å². The Balaban J connectivity index is 1.47. The summed E-state index contributed by atoms with van der Waals surface area (Å²) in [6.07, 6.45) is -1.34. The fourth-order valence-electron chi connectivity index (χ4n) is 3.59. The van der Waals surface area contributed by atoms with E-state index in [1.54, 1.807) is 42.6 Å². The molecule has 0 unspecified atom stereocenters. The van der Waals surface area contributed by atoms with Crippen LogP contribution in [0.4, 0.5) is 24.5 Å². The number of alkyl halides is 3. The Kier molecular flexibility index (Phi) is 10.3. The molecule has 0 aliphatic carbocycles. The normalized spacial score (nSPS) is 11.5. The molecule has 0 atom stereocenters. The van der Waals surface area contributed by atoms with Crippen LogP contribution >= 0.6 is 45.9 Å². The number of thiazole rings is 2. The van der Waals surface area contributed by atoms with E-state index in [4.69, 9.17) is 23.2 Å². The molecule has 0 radical (unpaired) electrons. The first kappa shape index (κ1) is 30.9. The SMILES string of the molecule is CCNCc1cnc(C(=O)Nc2cccc(-c3cccc(NC(=O)c4ncc(CNCC(F)(F)F)s4)c3Cl)c2Cl)s1. The second-order valence-corrected chi connectivity index (χ2v) is 11.5. The van der Waals surface area contributed by atoms with Crippen LogP contribution in [0, 0.1) is 0 Å². The summed E-state index contributed by atoms with van der Waals surface area (Å²) in [7, 11) is 0. The molecule has 41 heavy (non-hydrogen) atoms. The van der Waals surface area contributed by atoms with E-state index < -0.39 is 24.5 Å². The van der Waals surface area contributed by atoms with Crippen molar-refractivity contribution in [3.8, 4) is 11.1 Å². The van der Waals surface area contributed by atoms with Gasteiger partial charge in [0, 0.05) is 46.4 Å². The molecule has 8 nitrogen and oxygen atoms in total. The largest absolute Gasteiger partial charge is 0.401 e. The number of rotatable bonds is 11. The van der Waals surface area contributed by atoms with Crippen molar-refractivity contribution in [3.05, 3.63) is 78.6 Å². The minimum atomic E-state index is -4.34. The molecule has 0 saturated heterocycles. The minimum Gasteiger partial charge on any atom is -0.319 e. The quantitative estimate of drug-likeness (QED) is 0.143. The zero-order chi connectivity index (χ0) is 29.6. The van der Waals surface area contributed by atoms with Gasteiger partial charge < -0.3 is 21.3 Å². The van der Waals surface area contributed by atoms with Crippen molar-refractivity contribution in [1.29, 1.82) is 0 Å². The topological polar surface area (TPSA) is 108 Å². The predicted octanol–water partition coefficient (Wildman–Crippen LogP) is 6.84. The molecule has 0 saturated carbocycles. The van der Waals surface area contributed by atoms with Crippen LogP contribution in [0.1, 0.15) is 36.3 Å². The fraction of sp³-hybridized carbons (Fsp3) is 0.231. The molecule has 4 N–H and O–H groups in total. The number of aromatic nitrogens is 2. The number of anilines is 2. The Bertz CT molecular complexity index is 1540. The van der Waals surface area contributed by atoms with Gasteiger partial charge in [0.15, 0.2) is 10.0 Å². The van der Waals surface area contributed by atoms with Crippen molar-refractivity contribution in [2.75, 3.05) is 23.7 Å². The van der Waals surface area contributed by atoms with Crippen molar-refractivity contribution in [2.24, 2.45) is 0 Å². The fourth-order valence-corrected chi connectivity index (χ4v) is 5.69. The second-order valence-electron chi connectivity index (χ2n) is 8.50. The molecule has 2 aromatic heterocycles. The van der Waals surface area contributed by atoms with Crippen molar-refractivity contribution >= 4 is 69.1 Å². The van der Waals surface area contributed by atoms with Crippen molar-refractivity contribution < 1.29 is 22.8 Å². The third-order valence-electron chi connectivity index (χ3n) is 5.45. The Morgan fingerprint density at radius 3 is 1.71 bits per heavy atom. The van der Waals surface area contributed by atoms with E-state index in [-0.39, 0.29) is 27.3 Å². The first-order valence-corrected chi connectivity index (χ1v) is 14.5. The van der Waals surface area contributed by atoms with E-state index in [0.717, 1.165) is 22.8 Å². The number of carbonyl (C=O) groups is 2. The number of halogens is 5. The number of hydrogen-bond acceptors (Lipinski definition) is 8. The number of nitrogens with zero attached hydrogens (tertiary/aromatic N) is 2. The predicted molar refractivity (Wildman–Crippen MR) is 157 cm³/mol. The molecule has 0 fully saturated rings. The monoisotopic (exact) mass is 642 g/mol. The molecule has 0 aliphatic rings. The maximum atomic E-state index is 12.8. The lowest BCUT2D eigenvalue weighted by Crippen LogP contribution is -2.27. The number of hydrogen-bond donors (Lipinski definition) is 4. The maximum absolute atomic E-state index is 12.8. The Hall–Kier alpha value is -3.07. The molecule has 0 aliphatic heterocycles. The van der Waals surface area contributed by atoms with Gasteiger partial charge in [-0.3, -0.25) is 9.59 Å². The van der Waals surface area contributed by atoms with Crippen molar-refractivity contribution in [1.82, 2.24) is 20.6 Å². The van der Waals surface area contributed by atoms with Gasteiger partial charge >= 0.3 is 6.18 Å². The van der Waals surface area contributed by atoms with Crippen LogP contribution in [-0.4, -0.2) is 41.0 Å². The van der Waals surface area contributed by atoms with Crippen LogP contribution in [0.15, 0.2) is 48.8 Å². The highest BCUT2D eigenvalue weighted by Gasteiger charge is 2.26.